The summed E-state index contributed by atoms with van der Waals surface area (Å²) in [5.74, 6) is -0.688. The van der Waals surface area contributed by atoms with Gasteiger partial charge in [0.05, 0.1) is 23.5 Å². The summed E-state index contributed by atoms with van der Waals surface area (Å²) >= 11 is 0. The number of nitrogens with one attached hydrogen (secondary N) is 2. The van der Waals surface area contributed by atoms with Gasteiger partial charge in [-0.1, -0.05) is 30.3 Å². The molecule has 35 heavy (non-hydrogen) atoms. The molecule has 0 fully saturated rings. The van der Waals surface area contributed by atoms with Gasteiger partial charge in [0.25, 0.3) is 5.91 Å². The van der Waals surface area contributed by atoms with Gasteiger partial charge in [0.15, 0.2) is 0 Å². The second-order valence-electron chi connectivity index (χ2n) is 9.03. The van der Waals surface area contributed by atoms with Crippen LogP contribution in [0.1, 0.15) is 25.0 Å². The first kappa shape index (κ1) is 24.2. The summed E-state index contributed by atoms with van der Waals surface area (Å²) in [7, 11) is 3.74. The Hall–Kier alpha value is -3.97. The van der Waals surface area contributed by atoms with Crippen LogP contribution in [0, 0.1) is 5.82 Å². The van der Waals surface area contributed by atoms with Gasteiger partial charge in [0.2, 0.25) is 5.91 Å². The molecule has 2 N–H and O–H groups in total. The van der Waals surface area contributed by atoms with E-state index in [1.54, 1.807) is 11.0 Å². The smallest absolute Gasteiger partial charge is 0.258 e. The number of anilines is 3. The summed E-state index contributed by atoms with van der Waals surface area (Å²) in [6.45, 7) is 4.28. The summed E-state index contributed by atoms with van der Waals surface area (Å²) in [6, 6.07) is 21.4. The molecule has 2 amide bonds. The molecule has 0 bridgehead atoms. The summed E-state index contributed by atoms with van der Waals surface area (Å²) in [6.07, 6.45) is 0. The van der Waals surface area contributed by atoms with Crippen LogP contribution in [0.15, 0.2) is 72.8 Å². The molecule has 1 heterocycles. The predicted octanol–water partition coefficient (Wildman–Crippen LogP) is 5.06. The molecule has 3 aromatic carbocycles. The fourth-order valence-electron chi connectivity index (χ4n) is 4.20. The summed E-state index contributed by atoms with van der Waals surface area (Å²) in [5, 5.41) is 6.16. The largest absolute Gasteiger partial charge is 0.354 e. The molecule has 6 nitrogen and oxygen atoms in total. The van der Waals surface area contributed by atoms with E-state index in [1.165, 1.54) is 12.1 Å². The number of benzene rings is 3. The number of amides is 2. The fraction of sp³-hybridized carbons (Fsp3) is 0.214. The van der Waals surface area contributed by atoms with Crippen LogP contribution in [0.25, 0.3) is 11.3 Å². The number of hydrogen-bond acceptors (Lipinski definition) is 4. The van der Waals surface area contributed by atoms with E-state index in [0.717, 1.165) is 16.9 Å². The number of halogens is 1. The number of fused-ring (bicyclic) bond motifs is 1. The minimum Gasteiger partial charge on any atom is -0.354 e. The van der Waals surface area contributed by atoms with E-state index >= 15 is 0 Å². The molecule has 1 aliphatic rings. The van der Waals surface area contributed by atoms with Crippen LogP contribution in [0.5, 0.6) is 0 Å². The molecule has 7 heteroatoms. The molecule has 1 aliphatic heterocycles. The van der Waals surface area contributed by atoms with E-state index in [0.29, 0.717) is 29.1 Å². The van der Waals surface area contributed by atoms with Gasteiger partial charge in [-0.05, 0) is 76.0 Å². The highest BCUT2D eigenvalue weighted by Gasteiger charge is 2.29. The van der Waals surface area contributed by atoms with Crippen LogP contribution in [-0.4, -0.2) is 43.4 Å². The Morgan fingerprint density at radius 3 is 2.31 bits per heavy atom. The molecular formula is C28H29FN4O2. The maximum absolute atomic E-state index is 13.8. The number of carbonyl (C=O) groups is 2. The normalized spacial score (nSPS) is 14.1. The average Bonchev–Trinajstić information content (AvgIpc) is 3.13. The predicted molar refractivity (Wildman–Crippen MR) is 140 cm³/mol. The summed E-state index contributed by atoms with van der Waals surface area (Å²) in [4.78, 5) is 29.4. The van der Waals surface area contributed by atoms with Crippen molar-refractivity contribution in [2.24, 2.45) is 0 Å². The van der Waals surface area contributed by atoms with Gasteiger partial charge in [-0.2, -0.15) is 0 Å². The summed E-state index contributed by atoms with van der Waals surface area (Å²) < 4.78 is 13.8. The van der Waals surface area contributed by atoms with Crippen molar-refractivity contribution in [1.29, 1.82) is 0 Å². The number of nitrogens with zero attached hydrogens (tertiary/aromatic N) is 2. The van der Waals surface area contributed by atoms with Crippen LogP contribution in [0.3, 0.4) is 0 Å². The molecule has 0 radical (unpaired) electrons. The van der Waals surface area contributed by atoms with Crippen molar-refractivity contribution in [2.45, 2.75) is 19.9 Å². The minimum atomic E-state index is -0.409. The van der Waals surface area contributed by atoms with E-state index in [4.69, 9.17) is 0 Å². The first-order chi connectivity index (χ1) is 16.7. The van der Waals surface area contributed by atoms with Gasteiger partial charge in [0.1, 0.15) is 5.82 Å². The van der Waals surface area contributed by atoms with E-state index in [-0.39, 0.29) is 17.9 Å². The zero-order valence-corrected chi connectivity index (χ0v) is 20.3. The highest BCUT2D eigenvalue weighted by atomic mass is 19.1. The maximum atomic E-state index is 13.8. The molecule has 0 spiro atoms. The minimum absolute atomic E-state index is 0.00217. The lowest BCUT2D eigenvalue weighted by atomic mass is 10.00. The lowest BCUT2D eigenvalue weighted by Gasteiger charge is -2.28. The molecule has 0 saturated carbocycles. The first-order valence-electron chi connectivity index (χ1n) is 11.5. The van der Waals surface area contributed by atoms with Crippen LogP contribution >= 0.6 is 0 Å². The third-order valence-corrected chi connectivity index (χ3v) is 5.69. The molecule has 0 aromatic heterocycles. The zero-order valence-electron chi connectivity index (χ0n) is 20.3. The van der Waals surface area contributed by atoms with Crippen molar-refractivity contribution in [3.63, 3.8) is 0 Å². The van der Waals surface area contributed by atoms with Crippen molar-refractivity contribution >= 4 is 40.1 Å². The lowest BCUT2D eigenvalue weighted by Crippen LogP contribution is -2.42. The highest BCUT2D eigenvalue weighted by molar-refractivity contribution is 6.37. The Kier molecular flexibility index (Phi) is 6.98. The van der Waals surface area contributed by atoms with Crippen molar-refractivity contribution in [3.05, 3.63) is 89.7 Å². The topological polar surface area (TPSA) is 64.7 Å². The van der Waals surface area contributed by atoms with Crippen molar-refractivity contribution in [2.75, 3.05) is 36.2 Å². The highest BCUT2D eigenvalue weighted by Crippen LogP contribution is 2.38. The van der Waals surface area contributed by atoms with E-state index in [2.05, 4.69) is 10.6 Å². The van der Waals surface area contributed by atoms with Crippen molar-refractivity contribution < 1.29 is 14.0 Å². The molecular weight excluding hydrogens is 443 g/mol. The van der Waals surface area contributed by atoms with Gasteiger partial charge >= 0.3 is 0 Å². The van der Waals surface area contributed by atoms with Crippen LogP contribution in [-0.2, 0) is 9.59 Å². The second kappa shape index (κ2) is 10.1. The van der Waals surface area contributed by atoms with Gasteiger partial charge in [-0.15, -0.1) is 0 Å². The monoisotopic (exact) mass is 472 g/mol. The van der Waals surface area contributed by atoms with Gasteiger partial charge < -0.3 is 20.4 Å². The molecule has 3 aromatic rings. The van der Waals surface area contributed by atoms with E-state index < -0.39 is 5.82 Å². The first-order valence-corrected chi connectivity index (χ1v) is 11.5. The number of rotatable bonds is 7. The molecule has 4 rings (SSSR count). The Bertz CT molecular complexity index is 1270. The van der Waals surface area contributed by atoms with E-state index in [1.807, 2.05) is 87.4 Å². The lowest BCUT2D eigenvalue weighted by molar-refractivity contribution is -0.119. The van der Waals surface area contributed by atoms with Crippen LogP contribution < -0.4 is 15.5 Å². The molecule has 0 atom stereocenters. The maximum Gasteiger partial charge on any atom is 0.258 e. The number of likely N-dealkylation sites (N-methyl/N-ethyl adjacent to an activating group) is 1. The average molecular weight is 473 g/mol. The molecule has 180 valence electrons. The Balaban J connectivity index is 1.72. The van der Waals surface area contributed by atoms with Crippen molar-refractivity contribution in [1.82, 2.24) is 4.90 Å². The zero-order chi connectivity index (χ0) is 25.1. The van der Waals surface area contributed by atoms with Gasteiger partial charge in [0, 0.05) is 23.0 Å². The van der Waals surface area contributed by atoms with E-state index in [9.17, 15) is 14.0 Å². The van der Waals surface area contributed by atoms with Gasteiger partial charge in [-0.3, -0.25) is 9.59 Å². The number of carbonyl (C=O) groups excluding carboxylic acids is 2. The molecule has 0 saturated heterocycles. The molecule has 0 aliphatic carbocycles. The third-order valence-electron chi connectivity index (χ3n) is 5.69. The fourth-order valence-corrected chi connectivity index (χ4v) is 4.20. The summed E-state index contributed by atoms with van der Waals surface area (Å²) in [5.41, 5.74) is 4.52. The quantitative estimate of drug-likeness (QED) is 0.472. The standard InChI is InChI=1S/C28H29FN4O2/c1-18(2)33(25(34)17-32(3)4)22-13-11-21(12-14-22)30-27(19-8-6-5-7-9-19)26-23-15-10-20(29)16-24(23)31-28(26)35/h5-16,18,30H,17H2,1-4H3,(H,31,35). The van der Waals surface area contributed by atoms with Crippen LogP contribution in [0.4, 0.5) is 21.5 Å². The molecule has 0 unspecified atom stereocenters. The Labute approximate surface area is 205 Å². The second-order valence-corrected chi connectivity index (χ2v) is 9.03. The van der Waals surface area contributed by atoms with Crippen LogP contribution in [0.2, 0.25) is 0 Å². The van der Waals surface area contributed by atoms with Gasteiger partial charge in [-0.25, -0.2) is 4.39 Å². The van der Waals surface area contributed by atoms with Crippen molar-refractivity contribution in [3.8, 4) is 0 Å². The Morgan fingerprint density at radius 2 is 1.69 bits per heavy atom. The Morgan fingerprint density at radius 1 is 1.00 bits per heavy atom. The third kappa shape index (κ3) is 5.25. The SMILES string of the molecule is CC(C)N(C(=O)CN(C)C)c1ccc(NC(=C2C(=O)Nc3cc(F)ccc32)c2ccccc2)cc1. The number of hydrogen-bond donors (Lipinski definition) is 2.